The quantitative estimate of drug-likeness (QED) is 0.528. The molecular formula is C21H15F3N4O2. The zero-order valence-electron chi connectivity index (χ0n) is 15.6. The second-order valence-corrected chi connectivity index (χ2v) is 6.60. The van der Waals surface area contributed by atoms with Crippen molar-refractivity contribution in [3.05, 3.63) is 88.0 Å². The van der Waals surface area contributed by atoms with E-state index in [0.29, 0.717) is 10.2 Å². The van der Waals surface area contributed by atoms with Crippen LogP contribution in [0.25, 0.3) is 16.8 Å². The summed E-state index contributed by atoms with van der Waals surface area (Å²) < 4.78 is 41.6. The summed E-state index contributed by atoms with van der Waals surface area (Å²) in [6, 6.07) is 16.3. The van der Waals surface area contributed by atoms with Gasteiger partial charge < -0.3 is 10.3 Å². The van der Waals surface area contributed by atoms with E-state index < -0.39 is 23.3 Å². The monoisotopic (exact) mass is 412 g/mol. The Bertz CT molecular complexity index is 1290. The van der Waals surface area contributed by atoms with Gasteiger partial charge in [0, 0.05) is 11.4 Å². The normalized spacial score (nSPS) is 11.6. The Morgan fingerprint density at radius 3 is 2.23 bits per heavy atom. The first kappa shape index (κ1) is 19.4. The maximum atomic E-state index is 13.7. The molecule has 0 aliphatic rings. The van der Waals surface area contributed by atoms with Crippen LogP contribution in [-0.4, -0.2) is 20.5 Å². The summed E-state index contributed by atoms with van der Waals surface area (Å²) in [7, 11) is 0. The predicted octanol–water partition coefficient (Wildman–Crippen LogP) is 4.27. The van der Waals surface area contributed by atoms with Gasteiger partial charge in [-0.2, -0.15) is 22.8 Å². The van der Waals surface area contributed by atoms with Crippen LogP contribution in [0.2, 0.25) is 0 Å². The third-order valence-corrected chi connectivity index (χ3v) is 4.56. The highest BCUT2D eigenvalue weighted by molar-refractivity contribution is 6.05. The zero-order chi connectivity index (χ0) is 21.5. The highest BCUT2D eigenvalue weighted by atomic mass is 19.4. The SMILES string of the molecule is Cc1[nH]c2c(-c3ccccc3)c(C(F)(F)F)nn2c(=O)c1C(=O)Nc1ccccc1. The molecule has 0 saturated carbocycles. The van der Waals surface area contributed by atoms with E-state index >= 15 is 0 Å². The predicted molar refractivity (Wildman–Crippen MR) is 105 cm³/mol. The number of anilines is 1. The molecule has 4 aromatic rings. The first-order valence-electron chi connectivity index (χ1n) is 8.92. The molecule has 0 aliphatic heterocycles. The van der Waals surface area contributed by atoms with E-state index in [1.54, 1.807) is 48.5 Å². The number of hydrogen-bond donors (Lipinski definition) is 2. The number of H-pyrrole nitrogens is 1. The van der Waals surface area contributed by atoms with Crippen LogP contribution in [0.3, 0.4) is 0 Å². The van der Waals surface area contributed by atoms with Gasteiger partial charge in [0.05, 0.1) is 5.56 Å². The average molecular weight is 412 g/mol. The fraction of sp³-hybridized carbons (Fsp3) is 0.0952. The van der Waals surface area contributed by atoms with Crippen molar-refractivity contribution in [3.8, 4) is 11.1 Å². The zero-order valence-corrected chi connectivity index (χ0v) is 15.6. The minimum atomic E-state index is -4.79. The number of amides is 1. The van der Waals surface area contributed by atoms with Gasteiger partial charge in [0.2, 0.25) is 0 Å². The Kier molecular flexibility index (Phi) is 4.65. The van der Waals surface area contributed by atoms with E-state index in [2.05, 4.69) is 15.4 Å². The van der Waals surface area contributed by atoms with E-state index in [0.717, 1.165) is 0 Å². The lowest BCUT2D eigenvalue weighted by atomic mass is 10.1. The van der Waals surface area contributed by atoms with E-state index in [1.165, 1.54) is 19.1 Å². The summed E-state index contributed by atoms with van der Waals surface area (Å²) in [4.78, 5) is 28.4. The first-order chi connectivity index (χ1) is 14.3. The Morgan fingerprint density at radius 1 is 1.03 bits per heavy atom. The molecule has 2 aromatic heterocycles. The largest absolute Gasteiger partial charge is 0.435 e. The van der Waals surface area contributed by atoms with Gasteiger partial charge in [-0.25, -0.2) is 0 Å². The van der Waals surface area contributed by atoms with Crippen molar-refractivity contribution < 1.29 is 18.0 Å². The second kappa shape index (κ2) is 7.18. The molecule has 1 amide bonds. The van der Waals surface area contributed by atoms with E-state index in [4.69, 9.17) is 0 Å². The summed E-state index contributed by atoms with van der Waals surface area (Å²) in [5, 5.41) is 6.08. The lowest BCUT2D eigenvalue weighted by Crippen LogP contribution is -2.29. The highest BCUT2D eigenvalue weighted by Crippen LogP contribution is 2.38. The van der Waals surface area contributed by atoms with E-state index in [-0.39, 0.29) is 28.0 Å². The molecule has 0 atom stereocenters. The van der Waals surface area contributed by atoms with Gasteiger partial charge in [0.15, 0.2) is 5.69 Å². The molecule has 0 bridgehead atoms. The number of aryl methyl sites for hydroxylation is 1. The van der Waals surface area contributed by atoms with Gasteiger partial charge in [-0.3, -0.25) is 9.59 Å². The van der Waals surface area contributed by atoms with Gasteiger partial charge >= 0.3 is 6.18 Å². The van der Waals surface area contributed by atoms with Gasteiger partial charge in [-0.05, 0) is 24.6 Å². The molecule has 0 unspecified atom stereocenters. The number of aromatic amines is 1. The third kappa shape index (κ3) is 3.34. The molecule has 2 N–H and O–H groups in total. The van der Waals surface area contributed by atoms with E-state index in [9.17, 15) is 22.8 Å². The molecule has 0 radical (unpaired) electrons. The van der Waals surface area contributed by atoms with Gasteiger partial charge in [-0.1, -0.05) is 48.5 Å². The highest BCUT2D eigenvalue weighted by Gasteiger charge is 2.39. The lowest BCUT2D eigenvalue weighted by molar-refractivity contribution is -0.140. The first-order valence-corrected chi connectivity index (χ1v) is 8.92. The maximum absolute atomic E-state index is 13.7. The fourth-order valence-electron chi connectivity index (χ4n) is 3.25. The van der Waals surface area contributed by atoms with Crippen LogP contribution in [-0.2, 0) is 6.18 Å². The number of rotatable bonds is 3. The molecule has 152 valence electrons. The number of halogens is 3. The molecule has 9 heteroatoms. The topological polar surface area (TPSA) is 79.3 Å². The summed E-state index contributed by atoms with van der Waals surface area (Å²) in [5.74, 6) is -0.743. The number of nitrogens with one attached hydrogen (secondary N) is 2. The molecule has 0 spiro atoms. The minimum absolute atomic E-state index is 0.131. The summed E-state index contributed by atoms with van der Waals surface area (Å²) in [5.41, 5.74) is -2.02. The molecule has 0 fully saturated rings. The molecule has 2 aromatic carbocycles. The molecule has 30 heavy (non-hydrogen) atoms. The number of aromatic nitrogens is 3. The molecule has 0 saturated heterocycles. The van der Waals surface area contributed by atoms with Crippen molar-refractivity contribution in [2.24, 2.45) is 0 Å². The van der Waals surface area contributed by atoms with Gasteiger partial charge in [0.25, 0.3) is 11.5 Å². The number of fused-ring (bicyclic) bond motifs is 1. The van der Waals surface area contributed by atoms with E-state index in [1.807, 2.05) is 0 Å². The second-order valence-electron chi connectivity index (χ2n) is 6.60. The Labute approximate surface area is 168 Å². The minimum Gasteiger partial charge on any atom is -0.342 e. The van der Waals surface area contributed by atoms with Crippen LogP contribution in [0.1, 0.15) is 21.7 Å². The molecule has 4 rings (SSSR count). The third-order valence-electron chi connectivity index (χ3n) is 4.56. The van der Waals surface area contributed by atoms with Crippen LogP contribution in [0, 0.1) is 6.92 Å². The smallest absolute Gasteiger partial charge is 0.342 e. The molecule has 0 aliphatic carbocycles. The van der Waals surface area contributed by atoms with Gasteiger partial charge in [0.1, 0.15) is 11.2 Å². The number of carbonyl (C=O) groups is 1. The van der Waals surface area contributed by atoms with Gasteiger partial charge in [-0.15, -0.1) is 0 Å². The standard InChI is InChI=1S/C21H15F3N4O2/c1-12-15(19(29)26-14-10-6-3-7-11-14)20(30)28-18(25-12)16(13-8-4-2-5-9-13)17(27-28)21(22,23)24/h2-11,25H,1H3,(H,26,29). The Hall–Kier alpha value is -3.88. The Morgan fingerprint density at radius 2 is 1.63 bits per heavy atom. The van der Waals surface area contributed by atoms with Crippen molar-refractivity contribution >= 4 is 17.2 Å². The van der Waals surface area contributed by atoms with Crippen molar-refractivity contribution in [1.82, 2.24) is 14.6 Å². The van der Waals surface area contributed by atoms with Crippen LogP contribution in [0.4, 0.5) is 18.9 Å². The van der Waals surface area contributed by atoms with Crippen molar-refractivity contribution in [2.75, 3.05) is 5.32 Å². The number of alkyl halides is 3. The number of benzene rings is 2. The van der Waals surface area contributed by atoms with Crippen molar-refractivity contribution in [1.29, 1.82) is 0 Å². The molecule has 6 nitrogen and oxygen atoms in total. The maximum Gasteiger partial charge on any atom is 0.435 e. The Balaban J connectivity index is 1.93. The molecule has 2 heterocycles. The average Bonchev–Trinajstić information content (AvgIpc) is 3.09. The number of carbonyl (C=O) groups excluding carboxylic acids is 1. The number of hydrogen-bond acceptors (Lipinski definition) is 3. The fourth-order valence-corrected chi connectivity index (χ4v) is 3.25. The van der Waals surface area contributed by atoms with Crippen LogP contribution >= 0.6 is 0 Å². The van der Waals surface area contributed by atoms with Crippen molar-refractivity contribution in [3.63, 3.8) is 0 Å². The summed E-state index contributed by atoms with van der Waals surface area (Å²) >= 11 is 0. The molecular weight excluding hydrogens is 397 g/mol. The lowest BCUT2D eigenvalue weighted by Gasteiger charge is -2.09. The summed E-state index contributed by atoms with van der Waals surface area (Å²) in [6.07, 6.45) is -4.79. The van der Waals surface area contributed by atoms with Crippen LogP contribution in [0.5, 0.6) is 0 Å². The number of para-hydroxylation sites is 1. The van der Waals surface area contributed by atoms with Crippen molar-refractivity contribution in [2.45, 2.75) is 13.1 Å². The van der Waals surface area contributed by atoms with Crippen LogP contribution < -0.4 is 10.9 Å². The number of nitrogens with zero attached hydrogens (tertiary/aromatic N) is 2. The summed E-state index contributed by atoms with van der Waals surface area (Å²) in [6.45, 7) is 1.45. The van der Waals surface area contributed by atoms with Crippen LogP contribution in [0.15, 0.2) is 65.5 Å².